The number of carbonyl (C=O) groups excluding carboxylic acids is 3. The lowest BCUT2D eigenvalue weighted by Crippen LogP contribution is -2.55. The highest BCUT2D eigenvalue weighted by Crippen LogP contribution is 2.45. The molecule has 0 spiro atoms. The number of nitrogens with zero attached hydrogens (tertiary/aromatic N) is 1. The van der Waals surface area contributed by atoms with Gasteiger partial charge in [-0.05, 0) is 32.1 Å². The van der Waals surface area contributed by atoms with Gasteiger partial charge in [0.2, 0.25) is 11.8 Å². The molecule has 1 fully saturated rings. The van der Waals surface area contributed by atoms with Gasteiger partial charge in [-0.3, -0.25) is 14.4 Å². The second-order valence-electron chi connectivity index (χ2n) is 9.01. The van der Waals surface area contributed by atoms with Crippen molar-refractivity contribution >= 4 is 17.8 Å². The lowest BCUT2D eigenvalue weighted by Gasteiger charge is -2.35. The smallest absolute Gasteiger partial charge is 0.310 e. The Labute approximate surface area is 180 Å². The minimum atomic E-state index is -0.748. The number of likely N-dealkylation sites (tertiary alicyclic amines) is 1. The van der Waals surface area contributed by atoms with Crippen LogP contribution in [0.3, 0.4) is 0 Å². The number of rotatable bonds is 9. The summed E-state index contributed by atoms with van der Waals surface area (Å²) in [7, 11) is 0. The third-order valence-corrected chi connectivity index (χ3v) is 6.46. The molecule has 0 aromatic carbocycles. The van der Waals surface area contributed by atoms with Crippen LogP contribution in [-0.4, -0.2) is 59.1 Å². The average molecular weight is 423 g/mol. The molecule has 1 heterocycles. The maximum Gasteiger partial charge on any atom is 0.310 e. The van der Waals surface area contributed by atoms with Gasteiger partial charge in [0.05, 0.1) is 31.1 Å². The number of aliphatic hydroxyl groups excluding tert-OH is 1. The fourth-order valence-electron chi connectivity index (χ4n) is 4.95. The van der Waals surface area contributed by atoms with Gasteiger partial charge < -0.3 is 20.1 Å². The van der Waals surface area contributed by atoms with E-state index in [1.54, 1.807) is 11.8 Å². The lowest BCUT2D eigenvalue weighted by atomic mass is 9.70. The second kappa shape index (κ2) is 10.4. The van der Waals surface area contributed by atoms with Crippen molar-refractivity contribution in [1.29, 1.82) is 0 Å². The van der Waals surface area contributed by atoms with Crippen molar-refractivity contribution in [1.82, 2.24) is 10.2 Å². The first-order valence-electron chi connectivity index (χ1n) is 11.3. The third kappa shape index (κ3) is 4.71. The number of carbonyl (C=O) groups is 3. The summed E-state index contributed by atoms with van der Waals surface area (Å²) in [6.07, 6.45) is 5.60. The molecule has 2 amide bonds. The van der Waals surface area contributed by atoms with E-state index < -0.39 is 35.8 Å². The first kappa shape index (κ1) is 24.4. The molecule has 1 aliphatic heterocycles. The monoisotopic (exact) mass is 422 g/mol. The number of fused-ring (bicyclic) bond motifs is 1. The molecule has 7 heteroatoms. The molecule has 0 aromatic rings. The first-order chi connectivity index (χ1) is 14.2. The molecule has 2 N–H and O–H groups in total. The second-order valence-corrected chi connectivity index (χ2v) is 9.01. The van der Waals surface area contributed by atoms with Crippen molar-refractivity contribution in [3.63, 3.8) is 0 Å². The van der Waals surface area contributed by atoms with Crippen LogP contribution in [0.15, 0.2) is 12.2 Å². The van der Waals surface area contributed by atoms with Crippen LogP contribution in [0.5, 0.6) is 0 Å². The average Bonchev–Trinajstić information content (AvgIpc) is 2.95. The predicted molar refractivity (Wildman–Crippen MR) is 114 cm³/mol. The first-order valence-corrected chi connectivity index (χ1v) is 11.3. The van der Waals surface area contributed by atoms with Gasteiger partial charge >= 0.3 is 5.97 Å². The number of hydrogen-bond acceptors (Lipinski definition) is 5. The molecule has 0 aromatic heterocycles. The molecule has 0 saturated carbocycles. The predicted octanol–water partition coefficient (Wildman–Crippen LogP) is 2.14. The minimum absolute atomic E-state index is 0.0162. The molecule has 30 heavy (non-hydrogen) atoms. The van der Waals surface area contributed by atoms with Crippen LogP contribution in [0.25, 0.3) is 0 Å². The molecular formula is C23H38N2O5. The van der Waals surface area contributed by atoms with Crippen molar-refractivity contribution in [2.45, 2.75) is 72.5 Å². The van der Waals surface area contributed by atoms with Gasteiger partial charge in [-0.15, -0.1) is 0 Å². The topological polar surface area (TPSA) is 95.9 Å². The highest BCUT2D eigenvalue weighted by Gasteiger charge is 2.58. The van der Waals surface area contributed by atoms with Gasteiger partial charge in [-0.1, -0.05) is 46.3 Å². The van der Waals surface area contributed by atoms with Gasteiger partial charge in [-0.25, -0.2) is 0 Å². The number of allylic oxidation sites excluding steroid dienone is 1. The summed E-state index contributed by atoms with van der Waals surface area (Å²) in [6.45, 7) is 11.5. The molecule has 7 nitrogen and oxygen atoms in total. The van der Waals surface area contributed by atoms with Gasteiger partial charge in [0, 0.05) is 12.0 Å². The summed E-state index contributed by atoms with van der Waals surface area (Å²) in [4.78, 5) is 41.2. The molecule has 2 aliphatic rings. The number of esters is 1. The number of amides is 2. The number of hydrogen-bond donors (Lipinski definition) is 2. The molecule has 0 bridgehead atoms. The van der Waals surface area contributed by atoms with Crippen LogP contribution >= 0.6 is 0 Å². The third-order valence-electron chi connectivity index (χ3n) is 6.46. The van der Waals surface area contributed by atoms with Gasteiger partial charge in [0.25, 0.3) is 0 Å². The summed E-state index contributed by atoms with van der Waals surface area (Å²) < 4.78 is 5.28. The van der Waals surface area contributed by atoms with Crippen LogP contribution in [0.2, 0.25) is 0 Å². The Kier molecular flexibility index (Phi) is 8.47. The van der Waals surface area contributed by atoms with Crippen molar-refractivity contribution in [2.24, 2.45) is 29.6 Å². The lowest BCUT2D eigenvalue weighted by molar-refractivity contribution is -0.156. The van der Waals surface area contributed by atoms with Crippen LogP contribution in [0, 0.1) is 29.6 Å². The van der Waals surface area contributed by atoms with Crippen LogP contribution < -0.4 is 5.32 Å². The van der Waals surface area contributed by atoms with Gasteiger partial charge in [0.15, 0.2) is 0 Å². The molecule has 0 radical (unpaired) electrons. The molecule has 1 saturated heterocycles. The summed E-state index contributed by atoms with van der Waals surface area (Å²) >= 11 is 0. The quantitative estimate of drug-likeness (QED) is 0.438. The fraction of sp³-hybridized carbons (Fsp3) is 0.783. The van der Waals surface area contributed by atoms with E-state index in [1.165, 1.54) is 0 Å². The van der Waals surface area contributed by atoms with E-state index in [0.29, 0.717) is 0 Å². The number of ether oxygens (including phenoxy) is 1. The largest absolute Gasteiger partial charge is 0.466 e. The van der Waals surface area contributed by atoms with E-state index in [4.69, 9.17) is 4.74 Å². The SMILES string of the molecule is CCCC(C)NC(=O)[C@@H]1[C@H]2C=C[C@@H](C)[C@@H](C(=O)OCC)[C@H]2C(=O)N1[C@@H](CO)C(C)C. The summed E-state index contributed by atoms with van der Waals surface area (Å²) in [5.41, 5.74) is 0. The summed E-state index contributed by atoms with van der Waals surface area (Å²) in [6, 6.07) is -1.26. The Morgan fingerprint density at radius 2 is 1.90 bits per heavy atom. The van der Waals surface area contributed by atoms with Crippen LogP contribution in [0.1, 0.15) is 54.4 Å². The molecule has 2 rings (SSSR count). The van der Waals surface area contributed by atoms with Gasteiger partial charge in [0.1, 0.15) is 6.04 Å². The Hall–Kier alpha value is -1.89. The molecule has 1 unspecified atom stereocenters. The van der Waals surface area contributed by atoms with Crippen molar-refractivity contribution in [2.75, 3.05) is 13.2 Å². The Morgan fingerprint density at radius 3 is 2.43 bits per heavy atom. The maximum absolute atomic E-state index is 13.6. The molecular weight excluding hydrogens is 384 g/mol. The highest BCUT2D eigenvalue weighted by atomic mass is 16.5. The zero-order chi connectivity index (χ0) is 22.6. The highest BCUT2D eigenvalue weighted by molar-refractivity contribution is 5.96. The van der Waals surface area contributed by atoms with Crippen LogP contribution in [-0.2, 0) is 19.1 Å². The van der Waals surface area contributed by atoms with E-state index in [2.05, 4.69) is 12.2 Å². The molecule has 1 aliphatic carbocycles. The van der Waals surface area contributed by atoms with E-state index >= 15 is 0 Å². The van der Waals surface area contributed by atoms with Crippen LogP contribution in [0.4, 0.5) is 0 Å². The fourth-order valence-corrected chi connectivity index (χ4v) is 4.95. The summed E-state index contributed by atoms with van der Waals surface area (Å²) in [5.74, 6) is -2.79. The normalized spacial score (nSPS) is 30.2. The zero-order valence-corrected chi connectivity index (χ0v) is 19.1. The van der Waals surface area contributed by atoms with Gasteiger partial charge in [-0.2, -0.15) is 0 Å². The number of aliphatic hydroxyl groups is 1. The van der Waals surface area contributed by atoms with E-state index in [0.717, 1.165) is 12.8 Å². The van der Waals surface area contributed by atoms with Crippen molar-refractivity contribution in [3.8, 4) is 0 Å². The minimum Gasteiger partial charge on any atom is -0.466 e. The molecule has 7 atom stereocenters. The number of nitrogens with one attached hydrogen (secondary N) is 1. The Balaban J connectivity index is 2.48. The van der Waals surface area contributed by atoms with Crippen molar-refractivity contribution < 1.29 is 24.2 Å². The van der Waals surface area contributed by atoms with E-state index in [9.17, 15) is 19.5 Å². The molecule has 170 valence electrons. The Morgan fingerprint density at radius 1 is 1.23 bits per heavy atom. The standard InChI is InChI=1S/C23H38N2O5/c1-7-9-15(6)24-21(27)20-16-11-10-14(5)18(23(29)30-8-2)19(16)22(28)25(20)17(12-26)13(3)4/h10-11,13-20,26H,7-9,12H2,1-6H3,(H,24,27)/t14-,15?,16+,17+,18-,19+,20+/m1/s1. The zero-order valence-electron chi connectivity index (χ0n) is 19.1. The van der Waals surface area contributed by atoms with E-state index in [1.807, 2.05) is 39.8 Å². The van der Waals surface area contributed by atoms with E-state index in [-0.39, 0.29) is 42.9 Å². The summed E-state index contributed by atoms with van der Waals surface area (Å²) in [5, 5.41) is 13.1. The van der Waals surface area contributed by atoms with Crippen molar-refractivity contribution in [3.05, 3.63) is 12.2 Å². The maximum atomic E-state index is 13.6. The Bertz CT molecular complexity index is 662.